The molecule has 0 saturated carbocycles. The number of anilines is 1. The predicted molar refractivity (Wildman–Crippen MR) is 136 cm³/mol. The molecule has 1 spiro atoms. The van der Waals surface area contributed by atoms with Gasteiger partial charge in [-0.15, -0.1) is 0 Å². The van der Waals surface area contributed by atoms with Gasteiger partial charge in [0.25, 0.3) is 0 Å². The molecule has 0 bridgehead atoms. The number of likely N-dealkylation sites (tertiary alicyclic amines) is 1. The number of para-hydroxylation sites is 1. The van der Waals surface area contributed by atoms with Crippen LogP contribution in [0.25, 0.3) is 0 Å². The van der Waals surface area contributed by atoms with Gasteiger partial charge in [0, 0.05) is 19.2 Å². The zero-order valence-electron chi connectivity index (χ0n) is 21.5. The Hall–Kier alpha value is -4.47. The number of carbonyl (C=O) groups excluding carboxylic acids is 4. The van der Waals surface area contributed by atoms with Crippen LogP contribution in [0.15, 0.2) is 70.9 Å². The van der Waals surface area contributed by atoms with E-state index in [4.69, 9.17) is 14.2 Å². The van der Waals surface area contributed by atoms with E-state index in [1.165, 1.54) is 33.2 Å². The summed E-state index contributed by atoms with van der Waals surface area (Å²) in [5, 5.41) is 0. The number of hydrogen-bond donors (Lipinski definition) is 0. The van der Waals surface area contributed by atoms with Crippen molar-refractivity contribution < 1.29 is 33.4 Å². The lowest BCUT2D eigenvalue weighted by atomic mass is 9.69. The molecule has 3 aliphatic rings. The fraction of sp³-hybridized carbons (Fsp3) is 0.321. The van der Waals surface area contributed by atoms with Crippen LogP contribution in [0.5, 0.6) is 0 Å². The largest absolute Gasteiger partial charge is 0.467 e. The average molecular weight is 518 g/mol. The Morgan fingerprint density at radius 2 is 1.58 bits per heavy atom. The molecule has 10 nitrogen and oxygen atoms in total. The van der Waals surface area contributed by atoms with E-state index in [1.54, 1.807) is 0 Å². The molecule has 196 valence electrons. The molecule has 38 heavy (non-hydrogen) atoms. The molecule has 10 heteroatoms. The monoisotopic (exact) mass is 517 g/mol. The van der Waals surface area contributed by atoms with Crippen molar-refractivity contribution in [2.24, 2.45) is 4.99 Å². The first kappa shape index (κ1) is 25.2. The highest BCUT2D eigenvalue weighted by atomic mass is 16.5. The van der Waals surface area contributed by atoms with Crippen LogP contribution < -0.4 is 4.90 Å². The molecule has 2 aromatic rings. The van der Waals surface area contributed by atoms with E-state index in [2.05, 4.69) is 4.99 Å². The number of ether oxygens (including phenoxy) is 3. The number of nitrogens with zero attached hydrogens (tertiary/aromatic N) is 3. The van der Waals surface area contributed by atoms with E-state index in [1.807, 2.05) is 59.5 Å². The Morgan fingerprint density at radius 3 is 2.21 bits per heavy atom. The van der Waals surface area contributed by atoms with Gasteiger partial charge < -0.3 is 19.1 Å². The van der Waals surface area contributed by atoms with Crippen molar-refractivity contribution in [3.05, 3.63) is 77.0 Å². The molecule has 0 aliphatic carbocycles. The quantitative estimate of drug-likeness (QED) is 0.438. The Kier molecular flexibility index (Phi) is 6.26. The molecule has 0 unspecified atom stereocenters. The number of rotatable bonds is 5. The molecule has 1 amide bonds. The summed E-state index contributed by atoms with van der Waals surface area (Å²) in [6.07, 6.45) is 0.0972. The summed E-state index contributed by atoms with van der Waals surface area (Å²) in [4.78, 5) is 60.4. The minimum absolute atomic E-state index is 0.00393. The molecular weight excluding hydrogens is 490 g/mol. The van der Waals surface area contributed by atoms with Crippen molar-refractivity contribution in [3.8, 4) is 0 Å². The number of methoxy groups -OCH3 is 3. The molecule has 5 rings (SSSR count). The predicted octanol–water partition coefficient (Wildman–Crippen LogP) is 2.12. The summed E-state index contributed by atoms with van der Waals surface area (Å²) in [5.41, 5.74) is 1.13. The van der Waals surface area contributed by atoms with Gasteiger partial charge in [0.2, 0.25) is 5.91 Å². The molecule has 2 aromatic carbocycles. The normalized spacial score (nSPS) is 23.2. The first-order valence-corrected chi connectivity index (χ1v) is 12.1. The molecule has 1 saturated heterocycles. The number of fused-ring (bicyclic) bond motifs is 1. The number of esters is 3. The summed E-state index contributed by atoms with van der Waals surface area (Å²) in [7, 11) is 3.67. The van der Waals surface area contributed by atoms with Crippen LogP contribution in [0, 0.1) is 0 Å². The van der Waals surface area contributed by atoms with Crippen LogP contribution in [-0.4, -0.2) is 68.0 Å². The number of benzene rings is 2. The zero-order valence-corrected chi connectivity index (χ0v) is 21.5. The Balaban J connectivity index is 1.85. The minimum atomic E-state index is -1.13. The molecule has 0 N–H and O–H groups in total. The smallest absolute Gasteiger partial charge is 0.357 e. The minimum Gasteiger partial charge on any atom is -0.467 e. The molecule has 3 atom stereocenters. The number of hydrogen-bond acceptors (Lipinski definition) is 9. The molecular formula is C28H27N3O7. The Labute approximate surface area is 219 Å². The van der Waals surface area contributed by atoms with Crippen LogP contribution in [0.4, 0.5) is 5.69 Å². The number of amidine groups is 1. The van der Waals surface area contributed by atoms with Crippen molar-refractivity contribution in [1.29, 1.82) is 0 Å². The second kappa shape index (κ2) is 9.44. The van der Waals surface area contributed by atoms with Crippen LogP contribution in [0.2, 0.25) is 0 Å². The summed E-state index contributed by atoms with van der Waals surface area (Å²) in [6, 6.07) is 15.4. The lowest BCUT2D eigenvalue weighted by Crippen LogP contribution is -2.55. The van der Waals surface area contributed by atoms with E-state index in [-0.39, 0.29) is 23.5 Å². The molecule has 0 radical (unpaired) electrons. The second-order valence-electron chi connectivity index (χ2n) is 9.32. The number of aliphatic imine (C=N–C) groups is 1. The standard InChI is InChI=1S/C28H27N3O7/c1-16(32)31-20(24(33)36-2)14-28-18-12-8-9-13-19(18)30(15-17-10-6-5-7-11-17)23(28)21(25(34)37-3)22(26(35)38-4)29-27(28)31/h5-13,20,23H,14-15H2,1-4H3/t20-,23+,28+/m0/s1. The first-order valence-electron chi connectivity index (χ1n) is 12.1. The van der Waals surface area contributed by atoms with Gasteiger partial charge in [-0.2, -0.15) is 0 Å². The lowest BCUT2D eigenvalue weighted by molar-refractivity contribution is -0.148. The van der Waals surface area contributed by atoms with Crippen LogP contribution in [0.1, 0.15) is 24.5 Å². The highest BCUT2D eigenvalue weighted by Crippen LogP contribution is 2.58. The van der Waals surface area contributed by atoms with Crippen molar-refractivity contribution in [1.82, 2.24) is 4.90 Å². The summed E-state index contributed by atoms with van der Waals surface area (Å²) in [6.45, 7) is 1.70. The van der Waals surface area contributed by atoms with Crippen LogP contribution in [0.3, 0.4) is 0 Å². The number of carbonyl (C=O) groups is 4. The van der Waals surface area contributed by atoms with Gasteiger partial charge in [0.05, 0.1) is 38.4 Å². The summed E-state index contributed by atoms with van der Waals surface area (Å²) >= 11 is 0. The van der Waals surface area contributed by atoms with Crippen molar-refractivity contribution in [2.45, 2.75) is 37.4 Å². The van der Waals surface area contributed by atoms with E-state index in [9.17, 15) is 19.2 Å². The second-order valence-corrected chi connectivity index (χ2v) is 9.32. The van der Waals surface area contributed by atoms with Gasteiger partial charge in [0.1, 0.15) is 11.9 Å². The zero-order chi connectivity index (χ0) is 27.2. The van der Waals surface area contributed by atoms with E-state index < -0.39 is 41.3 Å². The molecule has 3 heterocycles. The molecule has 3 aliphatic heterocycles. The third-order valence-electron chi connectivity index (χ3n) is 7.47. The average Bonchev–Trinajstić information content (AvgIpc) is 3.43. The van der Waals surface area contributed by atoms with Crippen molar-refractivity contribution >= 4 is 35.3 Å². The van der Waals surface area contributed by atoms with Gasteiger partial charge in [0.15, 0.2) is 5.70 Å². The van der Waals surface area contributed by atoms with E-state index in [0.29, 0.717) is 6.54 Å². The van der Waals surface area contributed by atoms with Gasteiger partial charge in [-0.25, -0.2) is 19.4 Å². The summed E-state index contributed by atoms with van der Waals surface area (Å²) in [5.74, 6) is -2.48. The van der Waals surface area contributed by atoms with E-state index >= 15 is 0 Å². The maximum absolute atomic E-state index is 13.4. The maximum Gasteiger partial charge on any atom is 0.357 e. The first-order chi connectivity index (χ1) is 18.3. The molecule has 0 aromatic heterocycles. The van der Waals surface area contributed by atoms with Gasteiger partial charge in [-0.1, -0.05) is 48.5 Å². The SMILES string of the molecule is COC(=O)C1=C(C(=O)OC)[C@H]2N(Cc3ccccc3)c3ccccc3[C@]23C[C@@H](C(=O)OC)N(C(C)=O)C3=N1. The third kappa shape index (κ3) is 3.51. The van der Waals surface area contributed by atoms with Gasteiger partial charge in [-0.3, -0.25) is 9.69 Å². The van der Waals surface area contributed by atoms with Gasteiger partial charge >= 0.3 is 17.9 Å². The van der Waals surface area contributed by atoms with Crippen molar-refractivity contribution in [3.63, 3.8) is 0 Å². The Morgan fingerprint density at radius 1 is 0.921 bits per heavy atom. The Bertz CT molecular complexity index is 1400. The third-order valence-corrected chi connectivity index (χ3v) is 7.47. The highest BCUT2D eigenvalue weighted by Gasteiger charge is 2.67. The van der Waals surface area contributed by atoms with Gasteiger partial charge in [-0.05, 0) is 23.6 Å². The number of amides is 1. The summed E-state index contributed by atoms with van der Waals surface area (Å²) < 4.78 is 15.2. The molecule has 1 fully saturated rings. The van der Waals surface area contributed by atoms with E-state index in [0.717, 1.165) is 16.8 Å². The lowest BCUT2D eigenvalue weighted by Gasteiger charge is -2.40. The van der Waals surface area contributed by atoms with Crippen LogP contribution in [-0.2, 0) is 45.3 Å². The van der Waals surface area contributed by atoms with Crippen molar-refractivity contribution in [2.75, 3.05) is 26.2 Å². The highest BCUT2D eigenvalue weighted by molar-refractivity contribution is 6.17. The fourth-order valence-corrected chi connectivity index (χ4v) is 6.04. The topological polar surface area (TPSA) is 115 Å². The van der Waals surface area contributed by atoms with Crippen LogP contribution >= 0.6 is 0 Å². The maximum atomic E-state index is 13.4. The fourth-order valence-electron chi connectivity index (χ4n) is 6.04.